The Kier molecular flexibility index (Phi) is 4.30. The van der Waals surface area contributed by atoms with Crippen molar-refractivity contribution >= 4 is 5.82 Å². The second kappa shape index (κ2) is 5.50. The average molecular weight is 217 g/mol. The molecular weight excluding hydrogens is 198 g/mol. The number of hydrogen-bond donors (Lipinski definition) is 1. The van der Waals surface area contributed by atoms with Crippen LogP contribution in [-0.4, -0.2) is 11.5 Å². The van der Waals surface area contributed by atoms with Gasteiger partial charge in [0, 0.05) is 12.7 Å². The van der Waals surface area contributed by atoms with Crippen LogP contribution in [0, 0.1) is 30.1 Å². The van der Waals surface area contributed by atoms with Gasteiger partial charge < -0.3 is 5.32 Å². The Bertz CT molecular complexity index is 391. The van der Waals surface area contributed by atoms with Crippen molar-refractivity contribution in [2.75, 3.05) is 11.9 Å². The summed E-state index contributed by atoms with van der Waals surface area (Å²) >= 11 is 0. The third-order valence-electron chi connectivity index (χ3n) is 3.00. The van der Waals surface area contributed by atoms with Gasteiger partial charge >= 0.3 is 0 Å². The fourth-order valence-electron chi connectivity index (χ4n) is 1.33. The minimum atomic E-state index is 0.564. The van der Waals surface area contributed by atoms with Gasteiger partial charge in [0.15, 0.2) is 0 Å². The van der Waals surface area contributed by atoms with Crippen LogP contribution in [0.1, 0.15) is 31.9 Å². The Morgan fingerprint density at radius 3 is 2.69 bits per heavy atom. The van der Waals surface area contributed by atoms with Crippen molar-refractivity contribution in [2.45, 2.75) is 27.7 Å². The molecule has 3 heteroatoms. The summed E-state index contributed by atoms with van der Waals surface area (Å²) in [5, 5.41) is 12.3. The molecule has 1 unspecified atom stereocenters. The van der Waals surface area contributed by atoms with Crippen molar-refractivity contribution in [1.29, 1.82) is 5.26 Å². The summed E-state index contributed by atoms with van der Waals surface area (Å²) in [6.07, 6.45) is 1.73. The number of anilines is 1. The van der Waals surface area contributed by atoms with Crippen molar-refractivity contribution in [3.63, 3.8) is 0 Å². The van der Waals surface area contributed by atoms with E-state index in [0.29, 0.717) is 23.2 Å². The van der Waals surface area contributed by atoms with Crippen LogP contribution in [0.15, 0.2) is 12.3 Å². The van der Waals surface area contributed by atoms with E-state index in [1.54, 1.807) is 6.20 Å². The van der Waals surface area contributed by atoms with Gasteiger partial charge in [0.05, 0.1) is 5.56 Å². The van der Waals surface area contributed by atoms with Gasteiger partial charge in [-0.15, -0.1) is 0 Å². The number of hydrogen-bond acceptors (Lipinski definition) is 3. The third-order valence-corrected chi connectivity index (χ3v) is 3.00. The predicted molar refractivity (Wildman–Crippen MR) is 66.2 cm³/mol. The second-order valence-corrected chi connectivity index (χ2v) is 4.57. The highest BCUT2D eigenvalue weighted by molar-refractivity contribution is 5.55. The van der Waals surface area contributed by atoms with Crippen LogP contribution in [0.3, 0.4) is 0 Å². The minimum absolute atomic E-state index is 0.564. The second-order valence-electron chi connectivity index (χ2n) is 4.57. The first kappa shape index (κ1) is 12.5. The molecule has 0 radical (unpaired) electrons. The zero-order chi connectivity index (χ0) is 12.1. The molecule has 0 aliphatic rings. The number of aromatic nitrogens is 1. The number of nitrogens with zero attached hydrogens (tertiary/aromatic N) is 2. The molecule has 0 aliphatic heterocycles. The molecule has 0 amide bonds. The van der Waals surface area contributed by atoms with Crippen molar-refractivity contribution in [2.24, 2.45) is 11.8 Å². The topological polar surface area (TPSA) is 48.7 Å². The molecule has 1 heterocycles. The van der Waals surface area contributed by atoms with Gasteiger partial charge in [-0.05, 0) is 30.4 Å². The van der Waals surface area contributed by atoms with Crippen LogP contribution in [0.4, 0.5) is 5.82 Å². The maximum absolute atomic E-state index is 9.04. The standard InChI is InChI=1S/C13H19N3/c1-9(2)11(4)8-16-13-12(7-14)10(3)5-6-15-13/h5-6,9,11H,8H2,1-4H3,(H,15,16). The van der Waals surface area contributed by atoms with Crippen LogP contribution in [0.25, 0.3) is 0 Å². The number of rotatable bonds is 4. The largest absolute Gasteiger partial charge is 0.369 e. The highest BCUT2D eigenvalue weighted by Gasteiger charge is 2.10. The van der Waals surface area contributed by atoms with E-state index >= 15 is 0 Å². The lowest BCUT2D eigenvalue weighted by atomic mass is 9.98. The summed E-state index contributed by atoms with van der Waals surface area (Å²) in [6.45, 7) is 9.36. The zero-order valence-corrected chi connectivity index (χ0v) is 10.4. The van der Waals surface area contributed by atoms with Crippen LogP contribution in [-0.2, 0) is 0 Å². The Morgan fingerprint density at radius 1 is 1.44 bits per heavy atom. The normalized spacial score (nSPS) is 12.2. The fourth-order valence-corrected chi connectivity index (χ4v) is 1.33. The van der Waals surface area contributed by atoms with Gasteiger partial charge in [-0.2, -0.15) is 5.26 Å². The maximum atomic E-state index is 9.04. The first-order chi connectivity index (χ1) is 7.56. The molecule has 1 aromatic heterocycles. The van der Waals surface area contributed by atoms with E-state index in [4.69, 9.17) is 5.26 Å². The Hall–Kier alpha value is -1.56. The molecule has 0 spiro atoms. The number of nitrogens with one attached hydrogen (secondary N) is 1. The molecule has 1 N–H and O–H groups in total. The molecule has 86 valence electrons. The lowest BCUT2D eigenvalue weighted by molar-refractivity contribution is 0.439. The van der Waals surface area contributed by atoms with Gasteiger partial charge in [-0.1, -0.05) is 20.8 Å². The molecule has 0 aliphatic carbocycles. The molecule has 0 saturated carbocycles. The third kappa shape index (κ3) is 2.96. The smallest absolute Gasteiger partial charge is 0.144 e. The van der Waals surface area contributed by atoms with E-state index in [-0.39, 0.29) is 0 Å². The van der Waals surface area contributed by atoms with Gasteiger partial charge in [0.2, 0.25) is 0 Å². The lowest BCUT2D eigenvalue weighted by Crippen LogP contribution is -2.17. The minimum Gasteiger partial charge on any atom is -0.369 e. The summed E-state index contributed by atoms with van der Waals surface area (Å²) in [6, 6.07) is 4.05. The molecular formula is C13H19N3. The SMILES string of the molecule is Cc1ccnc(NCC(C)C(C)C)c1C#N. The summed E-state index contributed by atoms with van der Waals surface area (Å²) in [5.41, 5.74) is 1.62. The van der Waals surface area contributed by atoms with Crippen LogP contribution in [0.2, 0.25) is 0 Å². The van der Waals surface area contributed by atoms with Gasteiger partial charge in [-0.25, -0.2) is 4.98 Å². The molecule has 1 aromatic rings. The monoisotopic (exact) mass is 217 g/mol. The first-order valence-electron chi connectivity index (χ1n) is 5.65. The molecule has 16 heavy (non-hydrogen) atoms. The quantitative estimate of drug-likeness (QED) is 0.843. The van der Waals surface area contributed by atoms with E-state index in [1.807, 2.05) is 13.0 Å². The Balaban J connectivity index is 2.75. The Labute approximate surface area is 97.5 Å². The molecule has 1 rings (SSSR count). The summed E-state index contributed by atoms with van der Waals surface area (Å²) in [5.74, 6) is 1.90. The Morgan fingerprint density at radius 2 is 2.12 bits per heavy atom. The highest BCUT2D eigenvalue weighted by Crippen LogP contribution is 2.17. The first-order valence-corrected chi connectivity index (χ1v) is 5.65. The molecule has 0 bridgehead atoms. The van der Waals surface area contributed by atoms with Crippen molar-refractivity contribution in [1.82, 2.24) is 4.98 Å². The molecule has 1 atom stereocenters. The van der Waals surface area contributed by atoms with E-state index < -0.39 is 0 Å². The maximum Gasteiger partial charge on any atom is 0.144 e. The van der Waals surface area contributed by atoms with Crippen molar-refractivity contribution < 1.29 is 0 Å². The van der Waals surface area contributed by atoms with E-state index in [9.17, 15) is 0 Å². The van der Waals surface area contributed by atoms with Crippen LogP contribution < -0.4 is 5.32 Å². The molecule has 3 nitrogen and oxygen atoms in total. The highest BCUT2D eigenvalue weighted by atomic mass is 15.0. The van der Waals surface area contributed by atoms with E-state index in [2.05, 4.69) is 37.1 Å². The number of pyridine rings is 1. The zero-order valence-electron chi connectivity index (χ0n) is 10.4. The van der Waals surface area contributed by atoms with Crippen LogP contribution in [0.5, 0.6) is 0 Å². The number of nitriles is 1. The van der Waals surface area contributed by atoms with Gasteiger partial charge in [0.1, 0.15) is 11.9 Å². The molecule has 0 aromatic carbocycles. The van der Waals surface area contributed by atoms with Crippen LogP contribution >= 0.6 is 0 Å². The molecule has 0 fully saturated rings. The van der Waals surface area contributed by atoms with E-state index in [0.717, 1.165) is 12.1 Å². The predicted octanol–water partition coefficient (Wildman–Crippen LogP) is 2.97. The van der Waals surface area contributed by atoms with Gasteiger partial charge in [-0.3, -0.25) is 0 Å². The van der Waals surface area contributed by atoms with E-state index in [1.165, 1.54) is 0 Å². The van der Waals surface area contributed by atoms with Crippen molar-refractivity contribution in [3.8, 4) is 6.07 Å². The fraction of sp³-hybridized carbons (Fsp3) is 0.538. The van der Waals surface area contributed by atoms with Crippen molar-refractivity contribution in [3.05, 3.63) is 23.4 Å². The summed E-state index contributed by atoms with van der Waals surface area (Å²) in [7, 11) is 0. The molecule has 0 saturated heterocycles. The summed E-state index contributed by atoms with van der Waals surface area (Å²) < 4.78 is 0. The lowest BCUT2D eigenvalue weighted by Gasteiger charge is -2.17. The number of aryl methyl sites for hydroxylation is 1. The summed E-state index contributed by atoms with van der Waals surface area (Å²) in [4.78, 5) is 4.21. The van der Waals surface area contributed by atoms with Gasteiger partial charge in [0.25, 0.3) is 0 Å². The average Bonchev–Trinajstić information content (AvgIpc) is 2.25.